The highest BCUT2D eigenvalue weighted by Crippen LogP contribution is 2.42. The largest absolute Gasteiger partial charge is 0.494 e. The molecule has 2 N–H and O–H groups in total. The van der Waals surface area contributed by atoms with Gasteiger partial charge in [-0.3, -0.25) is 9.80 Å². The number of ether oxygens (including phenoxy) is 1. The first kappa shape index (κ1) is 18.4. The Morgan fingerprint density at radius 2 is 2.04 bits per heavy atom. The van der Waals surface area contributed by atoms with Crippen molar-refractivity contribution in [3.63, 3.8) is 0 Å². The number of thioether (sulfide) groups is 1. The first-order chi connectivity index (χ1) is 13.7. The molecular weight excluding hydrogens is 372 g/mol. The lowest BCUT2D eigenvalue weighted by Gasteiger charge is -2.43. The number of anilines is 1. The first-order valence-corrected chi connectivity index (χ1v) is 10.2. The van der Waals surface area contributed by atoms with Crippen molar-refractivity contribution in [3.8, 4) is 5.75 Å². The van der Waals surface area contributed by atoms with Crippen molar-refractivity contribution in [1.29, 1.82) is 0 Å². The summed E-state index contributed by atoms with van der Waals surface area (Å²) in [5.74, 6) is 1.42. The zero-order valence-electron chi connectivity index (χ0n) is 15.6. The molecular formula is C21H22N4O2S. The van der Waals surface area contributed by atoms with Crippen molar-refractivity contribution in [2.75, 3.05) is 17.7 Å². The van der Waals surface area contributed by atoms with Crippen LogP contribution in [0, 0.1) is 0 Å². The molecule has 0 bridgehead atoms. The standard InChI is InChI=1S/C21H22N4O2S/c1-3-13-28-21-23-20(26)18-16-7-5-6-8-17(16)22-19(25(18)24-21)14-9-11-15(12-10-14)27-4-2/h3,5-12,18-19,22H,1,4,13H2,2H3,(H,23,24,26). The minimum Gasteiger partial charge on any atom is -0.494 e. The number of carbonyl (C=O) groups is 1. The second kappa shape index (κ2) is 7.98. The van der Waals surface area contributed by atoms with Gasteiger partial charge in [0.1, 0.15) is 11.9 Å². The van der Waals surface area contributed by atoms with Gasteiger partial charge < -0.3 is 15.4 Å². The maximum atomic E-state index is 13.0. The summed E-state index contributed by atoms with van der Waals surface area (Å²) in [4.78, 5) is 13.0. The highest BCUT2D eigenvalue weighted by atomic mass is 32.2. The number of amidine groups is 1. The van der Waals surface area contributed by atoms with E-state index in [1.165, 1.54) is 11.8 Å². The summed E-state index contributed by atoms with van der Waals surface area (Å²) < 4.78 is 5.55. The summed E-state index contributed by atoms with van der Waals surface area (Å²) in [5.41, 5.74) is 2.86. The van der Waals surface area contributed by atoms with Gasteiger partial charge >= 0.3 is 0 Å². The molecule has 2 aliphatic rings. The monoisotopic (exact) mass is 394 g/mol. The van der Waals surface area contributed by atoms with E-state index in [1.54, 1.807) is 6.08 Å². The molecule has 2 atom stereocenters. The minimum atomic E-state index is -0.484. The molecule has 2 aromatic rings. The molecule has 2 heterocycles. The number of benzene rings is 2. The van der Waals surface area contributed by atoms with E-state index in [4.69, 9.17) is 9.84 Å². The van der Waals surface area contributed by atoms with Crippen LogP contribution in [0.3, 0.4) is 0 Å². The van der Waals surface area contributed by atoms with Gasteiger partial charge in [-0.25, -0.2) is 0 Å². The van der Waals surface area contributed by atoms with Gasteiger partial charge in [0.2, 0.25) is 0 Å². The zero-order chi connectivity index (χ0) is 19.5. The molecule has 7 heteroatoms. The van der Waals surface area contributed by atoms with Gasteiger partial charge in [0.05, 0.1) is 6.61 Å². The third-order valence-corrected chi connectivity index (χ3v) is 5.47. The van der Waals surface area contributed by atoms with Crippen LogP contribution in [0.1, 0.15) is 30.3 Å². The number of carbonyl (C=O) groups excluding carboxylic acids is 1. The van der Waals surface area contributed by atoms with Crippen LogP contribution in [-0.4, -0.2) is 28.4 Å². The Bertz CT molecular complexity index is 913. The predicted molar refractivity (Wildman–Crippen MR) is 113 cm³/mol. The van der Waals surface area contributed by atoms with Crippen LogP contribution in [0.2, 0.25) is 0 Å². The molecule has 0 radical (unpaired) electrons. The Balaban J connectivity index is 1.74. The van der Waals surface area contributed by atoms with Crippen molar-refractivity contribution < 1.29 is 9.53 Å². The summed E-state index contributed by atoms with van der Waals surface area (Å²) in [5, 5.41) is 13.6. The van der Waals surface area contributed by atoms with Gasteiger partial charge in [-0.15, -0.1) is 11.7 Å². The maximum absolute atomic E-state index is 13.0. The van der Waals surface area contributed by atoms with Gasteiger partial charge in [0.15, 0.2) is 11.2 Å². The third kappa shape index (κ3) is 3.45. The molecule has 2 aliphatic heterocycles. The van der Waals surface area contributed by atoms with E-state index in [0.29, 0.717) is 17.5 Å². The maximum Gasteiger partial charge on any atom is 0.255 e. The molecule has 6 nitrogen and oxygen atoms in total. The fourth-order valence-electron chi connectivity index (χ4n) is 3.40. The average Bonchev–Trinajstić information content (AvgIpc) is 2.72. The molecule has 0 saturated carbocycles. The quantitative estimate of drug-likeness (QED) is 0.754. The van der Waals surface area contributed by atoms with Crippen LogP contribution in [0.5, 0.6) is 5.75 Å². The van der Waals surface area contributed by atoms with E-state index in [9.17, 15) is 4.79 Å². The molecule has 0 aliphatic carbocycles. The molecule has 0 fully saturated rings. The molecule has 0 saturated heterocycles. The number of amides is 1. The smallest absolute Gasteiger partial charge is 0.255 e. The van der Waals surface area contributed by atoms with Gasteiger partial charge in [0.25, 0.3) is 5.91 Å². The lowest BCUT2D eigenvalue weighted by atomic mass is 9.97. The molecule has 28 heavy (non-hydrogen) atoms. The van der Waals surface area contributed by atoms with Crippen LogP contribution in [-0.2, 0) is 4.79 Å². The summed E-state index contributed by atoms with van der Waals surface area (Å²) in [6.07, 6.45) is 1.53. The van der Waals surface area contributed by atoms with Gasteiger partial charge in [0, 0.05) is 17.0 Å². The lowest BCUT2D eigenvalue weighted by molar-refractivity contribution is -0.127. The summed E-state index contributed by atoms with van der Waals surface area (Å²) in [6, 6.07) is 15.3. The summed E-state index contributed by atoms with van der Waals surface area (Å²) in [6.45, 7) is 6.32. The normalized spacial score (nSPS) is 20.2. The molecule has 4 rings (SSSR count). The van der Waals surface area contributed by atoms with E-state index in [-0.39, 0.29) is 12.1 Å². The Morgan fingerprint density at radius 1 is 1.25 bits per heavy atom. The van der Waals surface area contributed by atoms with Crippen molar-refractivity contribution in [3.05, 3.63) is 72.3 Å². The number of hydrazone groups is 1. The highest BCUT2D eigenvalue weighted by molar-refractivity contribution is 8.14. The molecule has 0 aromatic heterocycles. The minimum absolute atomic E-state index is 0.0774. The molecule has 2 unspecified atom stereocenters. The SMILES string of the molecule is C=CCSC1=NN2C(c3ccc(OCC)cc3)Nc3ccccc3C2C(=O)N1. The van der Waals surface area contributed by atoms with Crippen LogP contribution < -0.4 is 15.4 Å². The van der Waals surface area contributed by atoms with Gasteiger partial charge in [-0.2, -0.15) is 0 Å². The van der Waals surface area contributed by atoms with Crippen LogP contribution in [0.25, 0.3) is 0 Å². The Labute approximate surface area is 168 Å². The van der Waals surface area contributed by atoms with E-state index >= 15 is 0 Å². The lowest BCUT2D eigenvalue weighted by Crippen LogP contribution is -2.50. The second-order valence-corrected chi connectivity index (χ2v) is 7.42. The number of nitrogens with one attached hydrogen (secondary N) is 2. The van der Waals surface area contributed by atoms with Gasteiger partial charge in [-0.1, -0.05) is 48.2 Å². The topological polar surface area (TPSA) is 66.0 Å². The number of hydrogen-bond donors (Lipinski definition) is 2. The number of hydrogen-bond acceptors (Lipinski definition) is 6. The number of rotatable bonds is 5. The van der Waals surface area contributed by atoms with Crippen molar-refractivity contribution >= 4 is 28.5 Å². The third-order valence-electron chi connectivity index (χ3n) is 4.61. The van der Waals surface area contributed by atoms with Gasteiger partial charge in [-0.05, 0) is 30.7 Å². The Hall–Kier alpha value is -2.93. The van der Waals surface area contributed by atoms with Crippen LogP contribution in [0.4, 0.5) is 5.69 Å². The molecule has 144 valence electrons. The fourth-order valence-corrected chi connectivity index (χ4v) is 4.00. The van der Waals surface area contributed by atoms with Crippen LogP contribution in [0.15, 0.2) is 66.3 Å². The fraction of sp³-hybridized carbons (Fsp3) is 0.238. The number of para-hydroxylation sites is 1. The van der Waals surface area contributed by atoms with Crippen molar-refractivity contribution in [2.45, 2.75) is 19.1 Å². The van der Waals surface area contributed by atoms with E-state index in [0.717, 1.165) is 22.6 Å². The Morgan fingerprint density at radius 3 is 2.79 bits per heavy atom. The highest BCUT2D eigenvalue weighted by Gasteiger charge is 2.41. The number of nitrogens with zero attached hydrogens (tertiary/aromatic N) is 2. The van der Waals surface area contributed by atoms with Crippen molar-refractivity contribution in [2.24, 2.45) is 5.10 Å². The molecule has 0 spiro atoms. The van der Waals surface area contributed by atoms with Crippen LogP contribution >= 0.6 is 11.8 Å². The average molecular weight is 395 g/mol. The second-order valence-electron chi connectivity index (χ2n) is 6.41. The molecule has 2 aromatic carbocycles. The summed E-state index contributed by atoms with van der Waals surface area (Å²) in [7, 11) is 0. The number of fused-ring (bicyclic) bond motifs is 3. The molecule has 1 amide bonds. The Kier molecular flexibility index (Phi) is 5.25. The first-order valence-electron chi connectivity index (χ1n) is 9.21. The van der Waals surface area contributed by atoms with E-state index in [2.05, 4.69) is 17.2 Å². The summed E-state index contributed by atoms with van der Waals surface area (Å²) >= 11 is 1.45. The van der Waals surface area contributed by atoms with Crippen molar-refractivity contribution in [1.82, 2.24) is 10.3 Å². The van der Waals surface area contributed by atoms with E-state index < -0.39 is 6.04 Å². The zero-order valence-corrected chi connectivity index (χ0v) is 16.4. The van der Waals surface area contributed by atoms with E-state index in [1.807, 2.05) is 60.5 Å². The predicted octanol–water partition coefficient (Wildman–Crippen LogP) is 3.87.